The van der Waals surface area contributed by atoms with Gasteiger partial charge in [0.15, 0.2) is 0 Å². The van der Waals surface area contributed by atoms with Crippen molar-refractivity contribution in [1.82, 2.24) is 10.2 Å². The highest BCUT2D eigenvalue weighted by Gasteiger charge is 2.21. The van der Waals surface area contributed by atoms with Crippen LogP contribution in [-0.2, 0) is 4.79 Å². The Morgan fingerprint density at radius 3 is 2.74 bits per heavy atom. The fraction of sp³-hybridized carbons (Fsp3) is 0.429. The fourth-order valence-electron chi connectivity index (χ4n) is 2.20. The normalized spacial score (nSPS) is 19.0. The molecule has 19 heavy (non-hydrogen) atoms. The van der Waals surface area contributed by atoms with Crippen LogP contribution in [0.15, 0.2) is 30.3 Å². The molecule has 2 rings (SSSR count). The summed E-state index contributed by atoms with van der Waals surface area (Å²) in [5.41, 5.74) is 6.39. The zero-order valence-corrected chi connectivity index (χ0v) is 10.8. The number of hydrogen-bond acceptors (Lipinski definition) is 3. The molecule has 0 aliphatic carbocycles. The first kappa shape index (κ1) is 13.5. The van der Waals surface area contributed by atoms with Crippen molar-refractivity contribution in [3.05, 3.63) is 35.9 Å². The molecule has 1 saturated heterocycles. The van der Waals surface area contributed by atoms with E-state index in [4.69, 9.17) is 5.73 Å². The van der Waals surface area contributed by atoms with Gasteiger partial charge < -0.3 is 16.0 Å². The second-order valence-corrected chi connectivity index (χ2v) is 4.79. The van der Waals surface area contributed by atoms with Crippen molar-refractivity contribution in [1.29, 1.82) is 0 Å². The average molecular weight is 261 g/mol. The molecule has 1 fully saturated rings. The Kier molecular flexibility index (Phi) is 4.52. The van der Waals surface area contributed by atoms with E-state index in [1.165, 1.54) is 0 Å². The summed E-state index contributed by atoms with van der Waals surface area (Å²) in [5.74, 6) is -0.297. The predicted octanol–water partition coefficient (Wildman–Crippen LogP) is 0.366. The molecule has 0 saturated carbocycles. The first-order valence-electron chi connectivity index (χ1n) is 6.53. The van der Waals surface area contributed by atoms with E-state index < -0.39 is 0 Å². The Balaban J connectivity index is 1.82. The Hall–Kier alpha value is -1.88. The van der Waals surface area contributed by atoms with Crippen LogP contribution in [0.1, 0.15) is 23.2 Å². The largest absolute Gasteiger partial charge is 0.343 e. The van der Waals surface area contributed by atoms with Crippen LogP contribution < -0.4 is 11.1 Å². The number of nitrogens with one attached hydrogen (secondary N) is 1. The maximum Gasteiger partial charge on any atom is 0.251 e. The quantitative estimate of drug-likeness (QED) is 0.825. The van der Waals surface area contributed by atoms with Gasteiger partial charge in [-0.1, -0.05) is 18.2 Å². The van der Waals surface area contributed by atoms with Crippen molar-refractivity contribution in [3.63, 3.8) is 0 Å². The zero-order valence-electron chi connectivity index (χ0n) is 10.8. The lowest BCUT2D eigenvalue weighted by atomic mass is 10.1. The minimum absolute atomic E-state index is 0.0282. The predicted molar refractivity (Wildman–Crippen MR) is 72.6 cm³/mol. The van der Waals surface area contributed by atoms with Gasteiger partial charge in [-0.25, -0.2) is 0 Å². The first-order chi connectivity index (χ1) is 9.16. The van der Waals surface area contributed by atoms with Crippen molar-refractivity contribution in [2.45, 2.75) is 18.9 Å². The minimum atomic E-state index is -0.227. The molecule has 5 nitrogen and oxygen atoms in total. The van der Waals surface area contributed by atoms with Crippen molar-refractivity contribution < 1.29 is 9.59 Å². The van der Waals surface area contributed by atoms with E-state index in [0.29, 0.717) is 12.1 Å². The summed E-state index contributed by atoms with van der Waals surface area (Å²) in [7, 11) is 0. The van der Waals surface area contributed by atoms with Gasteiger partial charge in [-0.05, 0) is 25.0 Å². The first-order valence-corrected chi connectivity index (χ1v) is 6.53. The van der Waals surface area contributed by atoms with Crippen molar-refractivity contribution in [3.8, 4) is 0 Å². The standard InChI is InChI=1S/C14H19N3O2/c15-12-7-4-8-17(10-12)13(18)9-16-14(19)11-5-2-1-3-6-11/h1-3,5-6,12H,4,7-10,15H2,(H,16,19)/t12-/m1/s1. The third-order valence-corrected chi connectivity index (χ3v) is 3.25. The number of piperidine rings is 1. The Bertz CT molecular complexity index is 447. The van der Waals surface area contributed by atoms with E-state index in [1.54, 1.807) is 29.2 Å². The van der Waals surface area contributed by atoms with Crippen LogP contribution in [0.3, 0.4) is 0 Å². The number of likely N-dealkylation sites (tertiary alicyclic amines) is 1. The van der Waals surface area contributed by atoms with Gasteiger partial charge in [0.2, 0.25) is 5.91 Å². The van der Waals surface area contributed by atoms with E-state index in [-0.39, 0.29) is 24.4 Å². The summed E-state index contributed by atoms with van der Waals surface area (Å²) in [6.45, 7) is 1.34. The molecule has 0 bridgehead atoms. The van der Waals surface area contributed by atoms with Crippen LogP contribution in [-0.4, -0.2) is 42.4 Å². The van der Waals surface area contributed by atoms with Crippen LogP contribution >= 0.6 is 0 Å². The van der Waals surface area contributed by atoms with E-state index in [9.17, 15) is 9.59 Å². The number of benzene rings is 1. The van der Waals surface area contributed by atoms with E-state index in [0.717, 1.165) is 19.4 Å². The van der Waals surface area contributed by atoms with Gasteiger partial charge in [0.25, 0.3) is 5.91 Å². The lowest BCUT2D eigenvalue weighted by molar-refractivity contribution is -0.131. The summed E-state index contributed by atoms with van der Waals surface area (Å²) >= 11 is 0. The van der Waals surface area contributed by atoms with E-state index in [2.05, 4.69) is 5.32 Å². The molecule has 1 aromatic carbocycles. The molecule has 1 aliphatic rings. The smallest absolute Gasteiger partial charge is 0.251 e. The molecule has 0 spiro atoms. The van der Waals surface area contributed by atoms with Crippen LogP contribution in [0, 0.1) is 0 Å². The maximum absolute atomic E-state index is 11.9. The molecule has 3 N–H and O–H groups in total. The Labute approximate surface area is 112 Å². The monoisotopic (exact) mass is 261 g/mol. The van der Waals surface area contributed by atoms with Crippen molar-refractivity contribution in [2.24, 2.45) is 5.73 Å². The highest BCUT2D eigenvalue weighted by atomic mass is 16.2. The molecule has 1 aliphatic heterocycles. The number of nitrogens with two attached hydrogens (primary N) is 1. The van der Waals surface area contributed by atoms with Crippen LogP contribution in [0.25, 0.3) is 0 Å². The highest BCUT2D eigenvalue weighted by Crippen LogP contribution is 2.08. The number of nitrogens with zero attached hydrogens (tertiary/aromatic N) is 1. The highest BCUT2D eigenvalue weighted by molar-refractivity contribution is 5.96. The van der Waals surface area contributed by atoms with Gasteiger partial charge in [0.05, 0.1) is 6.54 Å². The maximum atomic E-state index is 11.9. The lowest BCUT2D eigenvalue weighted by Crippen LogP contribution is -2.48. The molecule has 0 aromatic heterocycles. The summed E-state index contributed by atoms with van der Waals surface area (Å²) < 4.78 is 0. The Morgan fingerprint density at radius 2 is 2.05 bits per heavy atom. The topological polar surface area (TPSA) is 75.4 Å². The molecule has 1 atom stereocenters. The Morgan fingerprint density at radius 1 is 1.32 bits per heavy atom. The van der Waals surface area contributed by atoms with Crippen molar-refractivity contribution >= 4 is 11.8 Å². The number of amides is 2. The van der Waals surface area contributed by atoms with Gasteiger partial charge in [0, 0.05) is 24.7 Å². The molecular formula is C14H19N3O2. The molecule has 1 aromatic rings. The summed E-state index contributed by atoms with van der Waals surface area (Å²) in [6, 6.07) is 8.92. The average Bonchev–Trinajstić information content (AvgIpc) is 2.45. The van der Waals surface area contributed by atoms with Crippen LogP contribution in [0.2, 0.25) is 0 Å². The van der Waals surface area contributed by atoms with Crippen LogP contribution in [0.4, 0.5) is 0 Å². The van der Waals surface area contributed by atoms with E-state index in [1.807, 2.05) is 6.07 Å². The number of hydrogen-bond donors (Lipinski definition) is 2. The molecule has 0 radical (unpaired) electrons. The van der Waals surface area contributed by atoms with Crippen LogP contribution in [0.5, 0.6) is 0 Å². The third kappa shape index (κ3) is 3.79. The summed E-state index contributed by atoms with van der Waals surface area (Å²) in [5, 5.41) is 2.64. The number of carbonyl (C=O) groups excluding carboxylic acids is 2. The van der Waals surface area contributed by atoms with Gasteiger partial charge in [-0.15, -0.1) is 0 Å². The van der Waals surface area contributed by atoms with Gasteiger partial charge >= 0.3 is 0 Å². The second kappa shape index (κ2) is 6.33. The molecule has 5 heteroatoms. The van der Waals surface area contributed by atoms with Gasteiger partial charge in [0.1, 0.15) is 0 Å². The molecule has 102 valence electrons. The number of rotatable bonds is 3. The summed E-state index contributed by atoms with van der Waals surface area (Å²) in [6.07, 6.45) is 1.89. The second-order valence-electron chi connectivity index (χ2n) is 4.79. The van der Waals surface area contributed by atoms with Crippen molar-refractivity contribution in [2.75, 3.05) is 19.6 Å². The third-order valence-electron chi connectivity index (χ3n) is 3.25. The van der Waals surface area contributed by atoms with E-state index >= 15 is 0 Å². The minimum Gasteiger partial charge on any atom is -0.343 e. The molecule has 2 amide bonds. The lowest BCUT2D eigenvalue weighted by Gasteiger charge is -2.30. The molecule has 1 heterocycles. The molecule has 0 unspecified atom stereocenters. The SMILES string of the molecule is N[C@@H]1CCCN(C(=O)CNC(=O)c2ccccc2)C1. The fourth-order valence-corrected chi connectivity index (χ4v) is 2.20. The zero-order chi connectivity index (χ0) is 13.7. The summed E-state index contributed by atoms with van der Waals surface area (Å²) in [4.78, 5) is 25.4. The molecular weight excluding hydrogens is 242 g/mol. The van der Waals surface area contributed by atoms with Gasteiger partial charge in [-0.3, -0.25) is 9.59 Å². The van der Waals surface area contributed by atoms with Gasteiger partial charge in [-0.2, -0.15) is 0 Å². The number of carbonyl (C=O) groups is 2.